The lowest BCUT2D eigenvalue weighted by atomic mass is 10.2. The number of nitrogens with zero attached hydrogens (tertiary/aromatic N) is 3. The average molecular weight is 310 g/mol. The van der Waals surface area contributed by atoms with Gasteiger partial charge in [-0.15, -0.1) is 5.10 Å². The molecule has 0 bridgehead atoms. The molecule has 0 fully saturated rings. The van der Waals surface area contributed by atoms with Crippen LogP contribution in [-0.4, -0.2) is 21.6 Å². The molecule has 2 aromatic rings. The molecule has 1 aromatic carbocycles. The largest absolute Gasteiger partial charge is 0.492 e. The summed E-state index contributed by atoms with van der Waals surface area (Å²) >= 11 is 3.46. The summed E-state index contributed by atoms with van der Waals surface area (Å²) in [7, 11) is 0. The van der Waals surface area contributed by atoms with Crippen LogP contribution in [0.5, 0.6) is 5.75 Å². The van der Waals surface area contributed by atoms with Crippen LogP contribution in [0.3, 0.4) is 0 Å². The number of benzene rings is 1. The predicted octanol–water partition coefficient (Wildman–Crippen LogP) is 3.12. The van der Waals surface area contributed by atoms with Crippen LogP contribution in [-0.2, 0) is 6.54 Å². The Labute approximate surface area is 115 Å². The second-order valence-corrected chi connectivity index (χ2v) is 5.56. The van der Waals surface area contributed by atoms with Crippen LogP contribution in [0.2, 0.25) is 0 Å². The Morgan fingerprint density at radius 1 is 1.33 bits per heavy atom. The minimum atomic E-state index is 0.226. The molecule has 2 rings (SSSR count). The van der Waals surface area contributed by atoms with Crippen molar-refractivity contribution in [3.8, 4) is 5.75 Å². The highest BCUT2D eigenvalue weighted by Crippen LogP contribution is 2.18. The number of aromatic nitrogens is 3. The number of hydrogen-bond donors (Lipinski definition) is 0. The zero-order valence-corrected chi connectivity index (χ0v) is 12.1. The molecule has 5 heteroatoms. The average Bonchev–Trinajstić information content (AvgIpc) is 2.81. The number of ether oxygens (including phenoxy) is 1. The van der Waals surface area contributed by atoms with Gasteiger partial charge in [0.1, 0.15) is 12.4 Å². The van der Waals surface area contributed by atoms with Gasteiger partial charge in [0.15, 0.2) is 0 Å². The molecule has 0 aliphatic heterocycles. The van der Waals surface area contributed by atoms with Gasteiger partial charge in [0.25, 0.3) is 0 Å². The Morgan fingerprint density at radius 2 is 2.06 bits per heavy atom. The predicted molar refractivity (Wildman–Crippen MR) is 74.0 cm³/mol. The van der Waals surface area contributed by atoms with Crippen molar-refractivity contribution < 1.29 is 4.74 Å². The van der Waals surface area contributed by atoms with E-state index in [0.717, 1.165) is 11.4 Å². The Hall–Kier alpha value is -1.36. The summed E-state index contributed by atoms with van der Waals surface area (Å²) in [5.74, 6) is 0.884. The van der Waals surface area contributed by atoms with Crippen LogP contribution < -0.4 is 4.74 Å². The topological polar surface area (TPSA) is 39.9 Å². The molecule has 0 N–H and O–H groups in total. The number of hydrogen-bond acceptors (Lipinski definition) is 3. The van der Waals surface area contributed by atoms with E-state index in [0.29, 0.717) is 13.2 Å². The molecule has 0 saturated heterocycles. The molecule has 4 nitrogen and oxygen atoms in total. The van der Waals surface area contributed by atoms with E-state index in [-0.39, 0.29) is 4.83 Å². The lowest BCUT2D eigenvalue weighted by molar-refractivity contribution is 0.289. The molecule has 1 atom stereocenters. The minimum absolute atomic E-state index is 0.226. The van der Waals surface area contributed by atoms with Crippen LogP contribution in [0.1, 0.15) is 23.0 Å². The van der Waals surface area contributed by atoms with Gasteiger partial charge >= 0.3 is 0 Å². The van der Waals surface area contributed by atoms with Crippen molar-refractivity contribution >= 4 is 15.9 Å². The van der Waals surface area contributed by atoms with Crippen LogP contribution in [0.15, 0.2) is 30.5 Å². The second-order valence-electron chi connectivity index (χ2n) is 4.18. The summed E-state index contributed by atoms with van der Waals surface area (Å²) in [4.78, 5) is 0.226. The van der Waals surface area contributed by atoms with Crippen molar-refractivity contribution in [2.24, 2.45) is 0 Å². The van der Waals surface area contributed by atoms with Crippen LogP contribution >= 0.6 is 15.9 Å². The quantitative estimate of drug-likeness (QED) is 0.797. The molecule has 18 heavy (non-hydrogen) atoms. The molecule has 0 aliphatic carbocycles. The maximum absolute atomic E-state index is 5.63. The SMILES string of the molecule is Cc1ccc(OCCn2cc(C(C)Br)nn2)cc1. The summed E-state index contributed by atoms with van der Waals surface area (Å²) in [6, 6.07) is 8.02. The molecular weight excluding hydrogens is 294 g/mol. The molecule has 0 radical (unpaired) electrons. The number of aryl methyl sites for hydroxylation is 1. The monoisotopic (exact) mass is 309 g/mol. The van der Waals surface area contributed by atoms with Gasteiger partial charge in [0, 0.05) is 6.20 Å². The van der Waals surface area contributed by atoms with Gasteiger partial charge in [-0.3, -0.25) is 0 Å². The molecule has 1 unspecified atom stereocenters. The van der Waals surface area contributed by atoms with E-state index in [1.54, 1.807) is 4.68 Å². The highest BCUT2D eigenvalue weighted by molar-refractivity contribution is 9.09. The first kappa shape index (κ1) is 13.1. The fourth-order valence-electron chi connectivity index (χ4n) is 1.50. The first-order valence-corrected chi connectivity index (χ1v) is 6.80. The summed E-state index contributed by atoms with van der Waals surface area (Å²) in [6.07, 6.45) is 1.93. The molecule has 96 valence electrons. The normalized spacial score (nSPS) is 12.4. The zero-order valence-electron chi connectivity index (χ0n) is 10.5. The molecule has 1 heterocycles. The number of halogens is 1. The molecule has 0 spiro atoms. The van der Waals surface area contributed by atoms with Gasteiger partial charge in [-0.25, -0.2) is 4.68 Å². The number of rotatable bonds is 5. The van der Waals surface area contributed by atoms with Crippen LogP contribution in [0.25, 0.3) is 0 Å². The summed E-state index contributed by atoms with van der Waals surface area (Å²) in [5, 5.41) is 8.10. The maximum Gasteiger partial charge on any atom is 0.119 e. The first-order valence-electron chi connectivity index (χ1n) is 5.89. The van der Waals surface area contributed by atoms with E-state index in [4.69, 9.17) is 4.74 Å². The van der Waals surface area contributed by atoms with Gasteiger partial charge in [-0.1, -0.05) is 38.8 Å². The van der Waals surface area contributed by atoms with E-state index < -0.39 is 0 Å². The van der Waals surface area contributed by atoms with Crippen molar-refractivity contribution in [2.75, 3.05) is 6.61 Å². The smallest absolute Gasteiger partial charge is 0.119 e. The molecular formula is C13H16BrN3O. The van der Waals surface area contributed by atoms with E-state index in [1.165, 1.54) is 5.56 Å². The van der Waals surface area contributed by atoms with Gasteiger partial charge in [-0.2, -0.15) is 0 Å². The Kier molecular flexibility index (Phi) is 4.36. The molecule has 0 saturated carbocycles. The third-order valence-electron chi connectivity index (χ3n) is 2.57. The van der Waals surface area contributed by atoms with Crippen molar-refractivity contribution in [1.82, 2.24) is 15.0 Å². The summed E-state index contributed by atoms with van der Waals surface area (Å²) in [6.45, 7) is 5.36. The number of alkyl halides is 1. The molecule has 0 amide bonds. The third-order valence-corrected chi connectivity index (χ3v) is 3.04. The van der Waals surface area contributed by atoms with E-state index in [1.807, 2.05) is 37.4 Å². The Balaban J connectivity index is 1.82. The summed E-state index contributed by atoms with van der Waals surface area (Å²) in [5.41, 5.74) is 2.17. The molecule has 0 aliphatic rings. The summed E-state index contributed by atoms with van der Waals surface area (Å²) < 4.78 is 7.43. The lowest BCUT2D eigenvalue weighted by Gasteiger charge is -2.05. The highest BCUT2D eigenvalue weighted by Gasteiger charge is 2.05. The fourth-order valence-corrected chi connectivity index (χ4v) is 1.71. The third kappa shape index (κ3) is 3.57. The van der Waals surface area contributed by atoms with Crippen LogP contribution in [0.4, 0.5) is 0 Å². The lowest BCUT2D eigenvalue weighted by Crippen LogP contribution is -2.08. The van der Waals surface area contributed by atoms with Gasteiger partial charge < -0.3 is 4.74 Å². The fraction of sp³-hybridized carbons (Fsp3) is 0.385. The van der Waals surface area contributed by atoms with Crippen molar-refractivity contribution in [3.05, 3.63) is 41.7 Å². The van der Waals surface area contributed by atoms with E-state index in [2.05, 4.69) is 33.2 Å². The van der Waals surface area contributed by atoms with E-state index >= 15 is 0 Å². The highest BCUT2D eigenvalue weighted by atomic mass is 79.9. The first-order chi connectivity index (χ1) is 8.65. The Bertz CT molecular complexity index is 493. The van der Waals surface area contributed by atoms with Crippen molar-refractivity contribution in [2.45, 2.75) is 25.2 Å². The Morgan fingerprint density at radius 3 is 2.67 bits per heavy atom. The maximum atomic E-state index is 5.63. The molecule has 1 aromatic heterocycles. The second kappa shape index (κ2) is 6.00. The van der Waals surface area contributed by atoms with Crippen molar-refractivity contribution in [1.29, 1.82) is 0 Å². The van der Waals surface area contributed by atoms with Gasteiger partial charge in [0.2, 0.25) is 0 Å². The minimum Gasteiger partial charge on any atom is -0.492 e. The van der Waals surface area contributed by atoms with Gasteiger partial charge in [-0.05, 0) is 26.0 Å². The van der Waals surface area contributed by atoms with Gasteiger partial charge in [0.05, 0.1) is 17.1 Å². The van der Waals surface area contributed by atoms with E-state index in [9.17, 15) is 0 Å². The van der Waals surface area contributed by atoms with Crippen LogP contribution in [0, 0.1) is 6.92 Å². The zero-order chi connectivity index (χ0) is 13.0. The standard InChI is InChI=1S/C13H16BrN3O/c1-10-3-5-12(6-4-10)18-8-7-17-9-13(11(2)14)15-16-17/h3-6,9,11H,7-8H2,1-2H3. The van der Waals surface area contributed by atoms with Crippen molar-refractivity contribution in [3.63, 3.8) is 0 Å².